The van der Waals surface area contributed by atoms with E-state index in [0.29, 0.717) is 41.5 Å². The summed E-state index contributed by atoms with van der Waals surface area (Å²) in [6.07, 6.45) is 1.37. The molecule has 32 heavy (non-hydrogen) atoms. The summed E-state index contributed by atoms with van der Waals surface area (Å²) < 4.78 is 0. The van der Waals surface area contributed by atoms with Gasteiger partial charge in [0, 0.05) is 24.3 Å². The van der Waals surface area contributed by atoms with Crippen LogP contribution in [0.25, 0.3) is 0 Å². The minimum atomic E-state index is -0.369. The molecule has 8 heteroatoms. The predicted molar refractivity (Wildman–Crippen MR) is 127 cm³/mol. The number of carbonyl (C=O) groups is 3. The molecule has 1 aliphatic heterocycles. The minimum Gasteiger partial charge on any atom is -0.347 e. The van der Waals surface area contributed by atoms with Crippen molar-refractivity contribution >= 4 is 46.6 Å². The van der Waals surface area contributed by atoms with Crippen LogP contribution in [-0.4, -0.2) is 42.3 Å². The van der Waals surface area contributed by atoms with Gasteiger partial charge in [0.1, 0.15) is 0 Å². The van der Waals surface area contributed by atoms with Crippen LogP contribution < -0.4 is 10.6 Å². The maximum Gasteiger partial charge on any atom is 0.253 e. The number of hydrogen-bond acceptors (Lipinski definition) is 3. The first-order valence-corrected chi connectivity index (χ1v) is 11.3. The molecular formula is C24H27Cl2N3O3. The lowest BCUT2D eigenvalue weighted by Crippen LogP contribution is -2.46. The Morgan fingerprint density at radius 2 is 1.72 bits per heavy atom. The number of nitrogens with zero attached hydrogens (tertiary/aromatic N) is 1. The highest BCUT2D eigenvalue weighted by Crippen LogP contribution is 2.25. The maximum absolute atomic E-state index is 12.8. The molecule has 1 saturated heterocycles. The van der Waals surface area contributed by atoms with E-state index in [1.54, 1.807) is 17.0 Å². The van der Waals surface area contributed by atoms with Crippen LogP contribution in [0.1, 0.15) is 39.9 Å². The molecule has 0 radical (unpaired) electrons. The lowest BCUT2D eigenvalue weighted by Gasteiger charge is -2.32. The van der Waals surface area contributed by atoms with Gasteiger partial charge in [-0.1, -0.05) is 40.9 Å². The first-order chi connectivity index (χ1) is 15.2. The zero-order valence-corrected chi connectivity index (χ0v) is 19.9. The fourth-order valence-electron chi connectivity index (χ4n) is 4.06. The Morgan fingerprint density at radius 1 is 1.03 bits per heavy atom. The van der Waals surface area contributed by atoms with Crippen LogP contribution >= 0.6 is 23.2 Å². The summed E-state index contributed by atoms with van der Waals surface area (Å²) in [7, 11) is 0. The fraction of sp³-hybridized carbons (Fsp3) is 0.375. The largest absolute Gasteiger partial charge is 0.347 e. The lowest BCUT2D eigenvalue weighted by atomic mass is 9.96. The number of piperidine rings is 1. The van der Waals surface area contributed by atoms with Crippen molar-refractivity contribution in [2.75, 3.05) is 25.0 Å². The third-order valence-corrected chi connectivity index (χ3v) is 6.35. The van der Waals surface area contributed by atoms with Crippen LogP contribution in [0.4, 0.5) is 5.69 Å². The highest BCUT2D eigenvalue weighted by atomic mass is 35.5. The Labute approximate surface area is 198 Å². The molecule has 2 aromatic carbocycles. The van der Waals surface area contributed by atoms with E-state index in [0.717, 1.165) is 22.4 Å². The van der Waals surface area contributed by atoms with E-state index >= 15 is 0 Å². The second-order valence-electron chi connectivity index (χ2n) is 8.26. The molecule has 6 nitrogen and oxygen atoms in total. The number of halogens is 2. The zero-order valence-electron chi connectivity index (χ0n) is 18.4. The first kappa shape index (κ1) is 24.1. The summed E-state index contributed by atoms with van der Waals surface area (Å²) in [4.78, 5) is 39.5. The summed E-state index contributed by atoms with van der Waals surface area (Å²) in [5.41, 5.74) is 4.29. The standard InChI is InChI=1S/C24H27Cl2N3O3/c1-14-9-15(2)22(16(3)10-14)28-21(30)12-27-23(31)18-5-4-8-29(13-18)24(32)17-6-7-19(25)20(26)11-17/h6-7,9-11,18H,4-5,8,12-13H2,1-3H3,(H,27,31)(H,28,30). The van der Waals surface area contributed by atoms with E-state index in [2.05, 4.69) is 10.6 Å². The Kier molecular flexibility index (Phi) is 7.80. The van der Waals surface area contributed by atoms with Gasteiger partial charge in [-0.3, -0.25) is 14.4 Å². The van der Waals surface area contributed by atoms with Crippen molar-refractivity contribution in [1.29, 1.82) is 0 Å². The van der Waals surface area contributed by atoms with Crippen LogP contribution in [-0.2, 0) is 9.59 Å². The van der Waals surface area contributed by atoms with Gasteiger partial charge in [-0.05, 0) is 62.9 Å². The highest BCUT2D eigenvalue weighted by molar-refractivity contribution is 6.42. The average molecular weight is 476 g/mol. The molecule has 1 heterocycles. The second kappa shape index (κ2) is 10.4. The molecule has 3 rings (SSSR count). The number of amides is 3. The van der Waals surface area contributed by atoms with Crippen molar-refractivity contribution in [3.63, 3.8) is 0 Å². The van der Waals surface area contributed by atoms with Gasteiger partial charge in [-0.25, -0.2) is 0 Å². The smallest absolute Gasteiger partial charge is 0.253 e. The molecule has 1 unspecified atom stereocenters. The van der Waals surface area contributed by atoms with Crippen LogP contribution in [0, 0.1) is 26.7 Å². The van der Waals surface area contributed by atoms with E-state index in [4.69, 9.17) is 23.2 Å². The Hall–Kier alpha value is -2.57. The molecule has 1 atom stereocenters. The summed E-state index contributed by atoms with van der Waals surface area (Å²) >= 11 is 12.0. The van der Waals surface area contributed by atoms with Gasteiger partial charge < -0.3 is 15.5 Å². The Balaban J connectivity index is 1.55. The average Bonchev–Trinajstić information content (AvgIpc) is 2.76. The molecule has 1 fully saturated rings. The molecule has 2 aromatic rings. The number of benzene rings is 2. The molecule has 0 aliphatic carbocycles. The van der Waals surface area contributed by atoms with E-state index < -0.39 is 0 Å². The second-order valence-corrected chi connectivity index (χ2v) is 9.07. The number of nitrogens with one attached hydrogen (secondary N) is 2. The minimum absolute atomic E-state index is 0.122. The molecule has 2 N–H and O–H groups in total. The van der Waals surface area contributed by atoms with Crippen molar-refractivity contribution in [2.45, 2.75) is 33.6 Å². The predicted octanol–water partition coefficient (Wildman–Crippen LogP) is 4.53. The van der Waals surface area contributed by atoms with E-state index in [-0.39, 0.29) is 30.2 Å². The molecule has 0 aromatic heterocycles. The molecule has 0 saturated carbocycles. The number of likely N-dealkylation sites (tertiary alicyclic amines) is 1. The summed E-state index contributed by atoms with van der Waals surface area (Å²) in [5.74, 6) is -1.08. The van der Waals surface area contributed by atoms with Crippen molar-refractivity contribution in [3.8, 4) is 0 Å². The van der Waals surface area contributed by atoms with E-state index in [9.17, 15) is 14.4 Å². The van der Waals surface area contributed by atoms with Crippen molar-refractivity contribution in [2.24, 2.45) is 5.92 Å². The molecule has 0 bridgehead atoms. The Morgan fingerprint density at radius 3 is 2.38 bits per heavy atom. The quantitative estimate of drug-likeness (QED) is 0.666. The van der Waals surface area contributed by atoms with Gasteiger partial charge in [-0.15, -0.1) is 0 Å². The third kappa shape index (κ3) is 5.81. The molecule has 3 amide bonds. The summed E-state index contributed by atoms with van der Waals surface area (Å²) in [5, 5.41) is 6.29. The summed E-state index contributed by atoms with van der Waals surface area (Å²) in [6.45, 7) is 6.62. The van der Waals surface area contributed by atoms with Crippen molar-refractivity contribution < 1.29 is 14.4 Å². The number of carbonyl (C=O) groups excluding carboxylic acids is 3. The number of anilines is 1. The fourth-order valence-corrected chi connectivity index (χ4v) is 4.36. The van der Waals surface area contributed by atoms with Gasteiger partial charge in [-0.2, -0.15) is 0 Å². The number of aryl methyl sites for hydroxylation is 3. The normalized spacial score (nSPS) is 15.9. The SMILES string of the molecule is Cc1cc(C)c(NC(=O)CNC(=O)C2CCCN(C(=O)c3ccc(Cl)c(Cl)c3)C2)c(C)c1. The summed E-state index contributed by atoms with van der Waals surface area (Å²) in [6, 6.07) is 8.75. The van der Waals surface area contributed by atoms with E-state index in [1.165, 1.54) is 6.07 Å². The van der Waals surface area contributed by atoms with Gasteiger partial charge in [0.05, 0.1) is 22.5 Å². The lowest BCUT2D eigenvalue weighted by molar-refractivity contribution is -0.128. The van der Waals surface area contributed by atoms with Gasteiger partial charge in [0.25, 0.3) is 5.91 Å². The van der Waals surface area contributed by atoms with Crippen LogP contribution in [0.15, 0.2) is 30.3 Å². The van der Waals surface area contributed by atoms with Crippen molar-refractivity contribution in [1.82, 2.24) is 10.2 Å². The van der Waals surface area contributed by atoms with Crippen LogP contribution in [0.2, 0.25) is 10.0 Å². The van der Waals surface area contributed by atoms with Gasteiger partial charge in [0.2, 0.25) is 11.8 Å². The zero-order chi connectivity index (χ0) is 23.4. The van der Waals surface area contributed by atoms with Crippen molar-refractivity contribution in [3.05, 3.63) is 62.6 Å². The van der Waals surface area contributed by atoms with Crippen LogP contribution in [0.5, 0.6) is 0 Å². The third-order valence-electron chi connectivity index (χ3n) is 5.61. The molecule has 170 valence electrons. The Bertz CT molecular complexity index is 1030. The van der Waals surface area contributed by atoms with Gasteiger partial charge >= 0.3 is 0 Å². The molecule has 1 aliphatic rings. The number of rotatable bonds is 5. The topological polar surface area (TPSA) is 78.5 Å². The first-order valence-electron chi connectivity index (χ1n) is 10.6. The molecule has 0 spiro atoms. The maximum atomic E-state index is 12.8. The van der Waals surface area contributed by atoms with E-state index in [1.807, 2.05) is 32.9 Å². The highest BCUT2D eigenvalue weighted by Gasteiger charge is 2.29. The molecular weight excluding hydrogens is 449 g/mol. The monoisotopic (exact) mass is 475 g/mol. The number of hydrogen-bond donors (Lipinski definition) is 2. The van der Waals surface area contributed by atoms with Gasteiger partial charge in [0.15, 0.2) is 0 Å². The van der Waals surface area contributed by atoms with Crippen LogP contribution in [0.3, 0.4) is 0 Å².